The van der Waals surface area contributed by atoms with Gasteiger partial charge in [-0.25, -0.2) is 0 Å². The van der Waals surface area contributed by atoms with Crippen molar-refractivity contribution >= 4 is 29.9 Å². The number of aliphatic imine (C=N–C) groups is 1. The highest BCUT2D eigenvalue weighted by molar-refractivity contribution is 14.0. The van der Waals surface area contributed by atoms with Crippen LogP contribution < -0.4 is 5.32 Å². The molecule has 0 radical (unpaired) electrons. The number of hydrogen-bond donors (Lipinski definition) is 1. The minimum atomic E-state index is 0. The molecule has 3 rings (SSSR count). The van der Waals surface area contributed by atoms with Gasteiger partial charge in [0.05, 0.1) is 13.2 Å². The highest BCUT2D eigenvalue weighted by atomic mass is 127. The zero-order chi connectivity index (χ0) is 19.8. The number of rotatable bonds is 8. The average Bonchev–Trinajstić information content (AvgIpc) is 3.38. The molecule has 1 aromatic rings. The highest BCUT2D eigenvalue weighted by Crippen LogP contribution is 2.19. The summed E-state index contributed by atoms with van der Waals surface area (Å²) >= 11 is 0. The third-order valence-corrected chi connectivity index (χ3v) is 6.11. The number of hydrogen-bond acceptors (Lipinski definition) is 3. The maximum atomic E-state index is 5.97. The molecule has 5 nitrogen and oxygen atoms in total. The molecule has 29 heavy (non-hydrogen) atoms. The Bertz CT molecular complexity index is 604. The molecule has 0 spiro atoms. The molecule has 1 N–H and O–H groups in total. The van der Waals surface area contributed by atoms with E-state index in [1.165, 1.54) is 37.9 Å². The van der Waals surface area contributed by atoms with Gasteiger partial charge in [-0.2, -0.15) is 0 Å². The van der Waals surface area contributed by atoms with Crippen molar-refractivity contribution in [2.45, 2.75) is 45.8 Å². The van der Waals surface area contributed by atoms with Gasteiger partial charge in [-0.3, -0.25) is 9.89 Å². The number of guanidine groups is 1. The van der Waals surface area contributed by atoms with E-state index in [-0.39, 0.29) is 24.0 Å². The van der Waals surface area contributed by atoms with Gasteiger partial charge in [-0.15, -0.1) is 24.0 Å². The standard InChI is InChI=1S/C23H38N4O.HI/c1-19(2)22(26-12-7-8-13-26)15-25-23(24-3)27-14-11-21(16-27)18-28-17-20-9-5-4-6-10-20;/h4-6,9-10,19,21-22H,7-8,11-18H2,1-3H3,(H,24,25);1H. The number of benzene rings is 1. The second-order valence-electron chi connectivity index (χ2n) is 8.58. The van der Waals surface area contributed by atoms with Gasteiger partial charge in [0.2, 0.25) is 0 Å². The highest BCUT2D eigenvalue weighted by Gasteiger charge is 2.28. The molecule has 2 heterocycles. The Balaban J connectivity index is 0.00000300. The van der Waals surface area contributed by atoms with E-state index < -0.39 is 0 Å². The summed E-state index contributed by atoms with van der Waals surface area (Å²) in [5.41, 5.74) is 1.25. The first-order chi connectivity index (χ1) is 13.7. The molecule has 0 aliphatic carbocycles. The van der Waals surface area contributed by atoms with Crippen molar-refractivity contribution in [3.8, 4) is 0 Å². The monoisotopic (exact) mass is 514 g/mol. The molecule has 0 amide bonds. The van der Waals surface area contributed by atoms with Crippen molar-refractivity contribution < 1.29 is 4.74 Å². The molecular weight excluding hydrogens is 475 g/mol. The Hall–Kier alpha value is -0.860. The van der Waals surface area contributed by atoms with Crippen LogP contribution in [0.2, 0.25) is 0 Å². The Morgan fingerprint density at radius 1 is 1.17 bits per heavy atom. The molecule has 0 aromatic heterocycles. The minimum Gasteiger partial charge on any atom is -0.376 e. The van der Waals surface area contributed by atoms with Crippen molar-refractivity contribution in [1.82, 2.24) is 15.1 Å². The molecule has 2 saturated heterocycles. The van der Waals surface area contributed by atoms with E-state index >= 15 is 0 Å². The summed E-state index contributed by atoms with van der Waals surface area (Å²) in [4.78, 5) is 9.61. The maximum Gasteiger partial charge on any atom is 0.193 e. The van der Waals surface area contributed by atoms with Crippen molar-refractivity contribution in [1.29, 1.82) is 0 Å². The first-order valence-corrected chi connectivity index (χ1v) is 11.0. The number of nitrogens with one attached hydrogen (secondary N) is 1. The predicted octanol–water partition coefficient (Wildman–Crippen LogP) is 3.84. The van der Waals surface area contributed by atoms with E-state index in [0.29, 0.717) is 24.5 Å². The van der Waals surface area contributed by atoms with Crippen molar-refractivity contribution in [3.05, 3.63) is 35.9 Å². The van der Waals surface area contributed by atoms with Crippen LogP contribution in [0.5, 0.6) is 0 Å². The van der Waals surface area contributed by atoms with Crippen LogP contribution in [0.15, 0.2) is 35.3 Å². The van der Waals surface area contributed by atoms with Crippen LogP contribution in [0.4, 0.5) is 0 Å². The zero-order valence-corrected chi connectivity index (χ0v) is 20.7. The Kier molecular flexibility index (Phi) is 10.7. The molecule has 0 saturated carbocycles. The van der Waals surface area contributed by atoms with Gasteiger partial charge in [-0.05, 0) is 43.8 Å². The van der Waals surface area contributed by atoms with Crippen LogP contribution >= 0.6 is 24.0 Å². The van der Waals surface area contributed by atoms with Crippen molar-refractivity contribution in [2.24, 2.45) is 16.8 Å². The fraction of sp³-hybridized carbons (Fsp3) is 0.696. The van der Waals surface area contributed by atoms with E-state index in [1.807, 2.05) is 13.1 Å². The number of halogens is 1. The van der Waals surface area contributed by atoms with Gasteiger partial charge in [0, 0.05) is 38.6 Å². The van der Waals surface area contributed by atoms with Crippen LogP contribution in [0, 0.1) is 11.8 Å². The molecule has 0 bridgehead atoms. The minimum absolute atomic E-state index is 0. The summed E-state index contributed by atoms with van der Waals surface area (Å²) < 4.78 is 5.97. The second-order valence-corrected chi connectivity index (χ2v) is 8.58. The summed E-state index contributed by atoms with van der Waals surface area (Å²) in [5.74, 6) is 2.29. The molecule has 164 valence electrons. The van der Waals surface area contributed by atoms with Crippen molar-refractivity contribution in [3.63, 3.8) is 0 Å². The van der Waals surface area contributed by atoms with E-state index in [1.54, 1.807) is 0 Å². The third kappa shape index (κ3) is 7.40. The van der Waals surface area contributed by atoms with Gasteiger partial charge < -0.3 is 15.0 Å². The molecule has 2 aliphatic rings. The zero-order valence-electron chi connectivity index (χ0n) is 18.3. The van der Waals surface area contributed by atoms with E-state index in [9.17, 15) is 0 Å². The SMILES string of the molecule is CN=C(NCC(C(C)C)N1CCCC1)N1CCC(COCc2ccccc2)C1.I. The molecule has 1 aromatic carbocycles. The quantitative estimate of drug-likeness (QED) is 0.325. The van der Waals surface area contributed by atoms with Gasteiger partial charge in [0.15, 0.2) is 5.96 Å². The Morgan fingerprint density at radius 3 is 2.55 bits per heavy atom. The van der Waals surface area contributed by atoms with Crippen LogP contribution in [-0.2, 0) is 11.3 Å². The summed E-state index contributed by atoms with van der Waals surface area (Å²) in [7, 11) is 1.90. The molecular formula is C23H39IN4O. The molecule has 2 aliphatic heterocycles. The fourth-order valence-electron chi connectivity index (χ4n) is 4.47. The van der Waals surface area contributed by atoms with Crippen molar-refractivity contribution in [2.75, 3.05) is 46.4 Å². The average molecular weight is 514 g/mol. The lowest BCUT2D eigenvalue weighted by atomic mass is 10.0. The van der Waals surface area contributed by atoms with Gasteiger partial charge in [-0.1, -0.05) is 44.2 Å². The Labute approximate surface area is 194 Å². The lowest BCUT2D eigenvalue weighted by Gasteiger charge is -2.32. The summed E-state index contributed by atoms with van der Waals surface area (Å²) in [6.45, 7) is 11.8. The first kappa shape index (κ1) is 24.4. The lowest BCUT2D eigenvalue weighted by Crippen LogP contribution is -2.49. The molecule has 6 heteroatoms. The van der Waals surface area contributed by atoms with Crippen LogP contribution in [0.25, 0.3) is 0 Å². The van der Waals surface area contributed by atoms with Gasteiger partial charge in [0.1, 0.15) is 0 Å². The Morgan fingerprint density at radius 2 is 1.90 bits per heavy atom. The first-order valence-electron chi connectivity index (χ1n) is 11.0. The van der Waals surface area contributed by atoms with Crippen LogP contribution in [0.1, 0.15) is 38.7 Å². The largest absolute Gasteiger partial charge is 0.376 e. The summed E-state index contributed by atoms with van der Waals surface area (Å²) in [6.07, 6.45) is 3.86. The topological polar surface area (TPSA) is 40.1 Å². The predicted molar refractivity (Wildman–Crippen MR) is 132 cm³/mol. The van der Waals surface area contributed by atoms with Crippen LogP contribution in [0.3, 0.4) is 0 Å². The second kappa shape index (κ2) is 12.7. The molecule has 2 fully saturated rings. The third-order valence-electron chi connectivity index (χ3n) is 6.11. The maximum absolute atomic E-state index is 5.97. The number of nitrogens with zero attached hydrogens (tertiary/aromatic N) is 3. The number of ether oxygens (including phenoxy) is 1. The summed E-state index contributed by atoms with van der Waals surface area (Å²) in [6, 6.07) is 11.0. The van der Waals surface area contributed by atoms with E-state index in [4.69, 9.17) is 4.74 Å². The fourth-order valence-corrected chi connectivity index (χ4v) is 4.47. The molecule has 2 unspecified atom stereocenters. The van der Waals surface area contributed by atoms with Crippen LogP contribution in [-0.4, -0.2) is 68.2 Å². The number of likely N-dealkylation sites (tertiary alicyclic amines) is 2. The lowest BCUT2D eigenvalue weighted by molar-refractivity contribution is 0.0906. The van der Waals surface area contributed by atoms with Gasteiger partial charge >= 0.3 is 0 Å². The summed E-state index contributed by atoms with van der Waals surface area (Å²) in [5, 5.41) is 3.67. The molecule has 2 atom stereocenters. The van der Waals surface area contributed by atoms with Gasteiger partial charge in [0.25, 0.3) is 0 Å². The smallest absolute Gasteiger partial charge is 0.193 e. The normalized spacial score (nSPS) is 21.4. The van der Waals surface area contributed by atoms with E-state index in [0.717, 1.165) is 32.2 Å². The van der Waals surface area contributed by atoms with E-state index in [2.05, 4.69) is 58.2 Å².